The van der Waals surface area contributed by atoms with Crippen molar-refractivity contribution in [2.75, 3.05) is 0 Å². The molecule has 0 aliphatic heterocycles. The molecule has 2 rings (SSSR count). The molecule has 0 radical (unpaired) electrons. The highest BCUT2D eigenvalue weighted by Gasteiger charge is 2.36. The lowest BCUT2D eigenvalue weighted by atomic mass is 9.64. The van der Waals surface area contributed by atoms with Gasteiger partial charge >= 0.3 is 0 Å². The van der Waals surface area contributed by atoms with E-state index < -0.39 is 0 Å². The van der Waals surface area contributed by atoms with Crippen molar-refractivity contribution in [3.8, 4) is 0 Å². The Bertz CT molecular complexity index is 1230. The molecule has 0 fully saturated rings. The number of benzene rings is 2. The second-order valence-electron chi connectivity index (χ2n) is 20.9. The molecule has 0 nitrogen and oxygen atoms in total. The first-order valence-corrected chi connectivity index (χ1v) is 17.2. The van der Waals surface area contributed by atoms with Gasteiger partial charge in [0.25, 0.3) is 0 Å². The fraction of sp³-hybridized carbons (Fsp3) is 0.721. The summed E-state index contributed by atoms with van der Waals surface area (Å²) in [6.45, 7) is 50.5. The highest BCUT2D eigenvalue weighted by molar-refractivity contribution is 5.56. The van der Waals surface area contributed by atoms with E-state index in [0.29, 0.717) is 0 Å². The molecule has 0 N–H and O–H groups in total. The molecule has 0 unspecified atom stereocenters. The van der Waals surface area contributed by atoms with Gasteiger partial charge in [-0.25, -0.2) is 0 Å². The predicted octanol–water partition coefficient (Wildman–Crippen LogP) is 12.9. The number of hydrogen-bond acceptors (Lipinski definition) is 0. The molecule has 0 aliphatic carbocycles. The molecule has 2 aromatic rings. The van der Waals surface area contributed by atoms with Gasteiger partial charge in [-0.05, 0) is 107 Å². The minimum Gasteiger partial charge on any atom is -0.0561 e. The molecule has 2 aromatic carbocycles. The van der Waals surface area contributed by atoms with E-state index in [2.05, 4.69) is 164 Å². The summed E-state index contributed by atoms with van der Waals surface area (Å²) in [6.07, 6.45) is 3.38. The monoisotopic (exact) mass is 589 g/mol. The summed E-state index contributed by atoms with van der Waals surface area (Å²) in [5, 5.41) is 0. The van der Waals surface area contributed by atoms with Crippen LogP contribution >= 0.6 is 0 Å². The van der Waals surface area contributed by atoms with Crippen LogP contribution in [-0.2, 0) is 50.7 Å². The standard InChI is InChI=1S/C43H72/c1-37(2,3)30-26-32(39(7,8)9)31(38(4,5)6)25-28(30)23-22-24-29-35(42(16,17)18)33(40(10,11)12)27-34(41(13,14)15)36(29)43(19,20)21/h25-27H,22-24H2,1-21H3. The Hall–Kier alpha value is -1.56. The summed E-state index contributed by atoms with van der Waals surface area (Å²) >= 11 is 0. The van der Waals surface area contributed by atoms with Gasteiger partial charge in [0.15, 0.2) is 0 Å². The Morgan fingerprint density at radius 3 is 0.930 bits per heavy atom. The largest absolute Gasteiger partial charge is 0.0561 e. The third-order valence-electron chi connectivity index (χ3n) is 9.09. The van der Waals surface area contributed by atoms with E-state index in [1.165, 1.54) is 27.8 Å². The van der Waals surface area contributed by atoms with E-state index in [-0.39, 0.29) is 37.9 Å². The van der Waals surface area contributed by atoms with Crippen LogP contribution in [0.2, 0.25) is 0 Å². The van der Waals surface area contributed by atoms with E-state index >= 15 is 0 Å². The van der Waals surface area contributed by atoms with Gasteiger partial charge in [-0.2, -0.15) is 0 Å². The molecule has 0 saturated heterocycles. The zero-order chi connectivity index (χ0) is 33.9. The van der Waals surface area contributed by atoms with E-state index in [1.54, 1.807) is 22.3 Å². The molecule has 43 heavy (non-hydrogen) atoms. The van der Waals surface area contributed by atoms with E-state index in [9.17, 15) is 0 Å². The van der Waals surface area contributed by atoms with Crippen molar-refractivity contribution in [2.45, 2.75) is 203 Å². The lowest BCUT2D eigenvalue weighted by Crippen LogP contribution is -2.31. The summed E-state index contributed by atoms with van der Waals surface area (Å²) in [7, 11) is 0. The molecule has 244 valence electrons. The Balaban J connectivity index is 2.89. The maximum atomic E-state index is 2.60. The molecule has 0 saturated carbocycles. The first-order valence-electron chi connectivity index (χ1n) is 17.2. The predicted molar refractivity (Wildman–Crippen MR) is 196 cm³/mol. The van der Waals surface area contributed by atoms with Crippen LogP contribution in [0.25, 0.3) is 0 Å². The summed E-state index contributed by atoms with van der Waals surface area (Å²) in [6, 6.07) is 7.78. The molecule has 0 spiro atoms. The van der Waals surface area contributed by atoms with E-state index in [1.807, 2.05) is 0 Å². The number of hydrogen-bond donors (Lipinski definition) is 0. The summed E-state index contributed by atoms with van der Waals surface area (Å²) in [4.78, 5) is 0. The molecular formula is C43H72. The summed E-state index contributed by atoms with van der Waals surface area (Å²) < 4.78 is 0. The van der Waals surface area contributed by atoms with Crippen molar-refractivity contribution in [1.29, 1.82) is 0 Å². The minimum atomic E-state index is 0.0681. The van der Waals surface area contributed by atoms with Gasteiger partial charge in [0.05, 0.1) is 0 Å². The molecule has 0 amide bonds. The first-order chi connectivity index (χ1) is 18.8. The summed E-state index contributed by atoms with van der Waals surface area (Å²) in [5.41, 5.74) is 14.6. The molecule has 0 heterocycles. The zero-order valence-corrected chi connectivity index (χ0v) is 32.9. The topological polar surface area (TPSA) is 0 Å². The molecule has 0 aromatic heterocycles. The third kappa shape index (κ3) is 8.79. The molecule has 0 heteroatoms. The van der Waals surface area contributed by atoms with Crippen LogP contribution in [0.5, 0.6) is 0 Å². The van der Waals surface area contributed by atoms with Gasteiger partial charge in [-0.1, -0.05) is 164 Å². The van der Waals surface area contributed by atoms with Gasteiger partial charge in [0, 0.05) is 0 Å². The Morgan fingerprint density at radius 1 is 0.326 bits per heavy atom. The maximum Gasteiger partial charge on any atom is -0.0126 e. The van der Waals surface area contributed by atoms with Crippen LogP contribution in [0.3, 0.4) is 0 Å². The highest BCUT2D eigenvalue weighted by Crippen LogP contribution is 2.46. The fourth-order valence-electron chi connectivity index (χ4n) is 7.13. The van der Waals surface area contributed by atoms with Gasteiger partial charge in [-0.15, -0.1) is 0 Å². The smallest absolute Gasteiger partial charge is 0.0126 e. The quantitative estimate of drug-likeness (QED) is 0.333. The number of aryl methyl sites for hydroxylation is 1. The van der Waals surface area contributed by atoms with Crippen molar-refractivity contribution in [3.05, 3.63) is 68.3 Å². The van der Waals surface area contributed by atoms with E-state index in [4.69, 9.17) is 0 Å². The van der Waals surface area contributed by atoms with Gasteiger partial charge < -0.3 is 0 Å². The second-order valence-corrected chi connectivity index (χ2v) is 20.9. The second kappa shape index (κ2) is 11.7. The lowest BCUT2D eigenvalue weighted by Gasteiger charge is -2.40. The van der Waals surface area contributed by atoms with Crippen LogP contribution < -0.4 is 0 Å². The van der Waals surface area contributed by atoms with Crippen LogP contribution in [-0.4, -0.2) is 0 Å². The lowest BCUT2D eigenvalue weighted by molar-refractivity contribution is 0.489. The van der Waals surface area contributed by atoms with Crippen LogP contribution in [0.4, 0.5) is 0 Å². The van der Waals surface area contributed by atoms with Crippen molar-refractivity contribution < 1.29 is 0 Å². The Morgan fingerprint density at radius 2 is 0.628 bits per heavy atom. The normalized spacial score (nSPS) is 14.4. The zero-order valence-electron chi connectivity index (χ0n) is 32.9. The Labute approximate surface area is 270 Å². The van der Waals surface area contributed by atoms with Crippen LogP contribution in [0.15, 0.2) is 18.2 Å². The van der Waals surface area contributed by atoms with Gasteiger partial charge in [0.1, 0.15) is 0 Å². The maximum absolute atomic E-state index is 2.60. The van der Waals surface area contributed by atoms with Crippen molar-refractivity contribution >= 4 is 0 Å². The Kier molecular flexibility index (Phi) is 10.2. The fourth-order valence-corrected chi connectivity index (χ4v) is 7.13. The van der Waals surface area contributed by atoms with Gasteiger partial charge in [0.2, 0.25) is 0 Å². The van der Waals surface area contributed by atoms with Crippen molar-refractivity contribution in [2.24, 2.45) is 0 Å². The summed E-state index contributed by atoms with van der Waals surface area (Å²) in [5.74, 6) is 0. The SMILES string of the molecule is CC(C)(C)c1cc(C(C)(C)C)c(C(C)(C)C)cc1CCCc1c(C(C)(C)C)c(C(C)(C)C)cc(C(C)(C)C)c1C(C)(C)C. The average molecular weight is 589 g/mol. The molecule has 0 bridgehead atoms. The highest BCUT2D eigenvalue weighted by atomic mass is 14.4. The third-order valence-corrected chi connectivity index (χ3v) is 9.09. The molecule has 0 atom stereocenters. The first kappa shape index (κ1) is 37.6. The van der Waals surface area contributed by atoms with E-state index in [0.717, 1.165) is 19.3 Å². The number of rotatable bonds is 4. The van der Waals surface area contributed by atoms with Crippen LogP contribution in [0.1, 0.15) is 202 Å². The van der Waals surface area contributed by atoms with Gasteiger partial charge in [-0.3, -0.25) is 0 Å². The average Bonchev–Trinajstić information content (AvgIpc) is 2.73. The van der Waals surface area contributed by atoms with Crippen molar-refractivity contribution in [3.63, 3.8) is 0 Å². The molecule has 0 aliphatic rings. The minimum absolute atomic E-state index is 0.0681. The van der Waals surface area contributed by atoms with Crippen LogP contribution in [0, 0.1) is 0 Å². The van der Waals surface area contributed by atoms with Crippen molar-refractivity contribution in [1.82, 2.24) is 0 Å². The molecular weight excluding hydrogens is 516 g/mol.